The Bertz CT molecular complexity index is 921. The molecule has 0 aromatic heterocycles. The summed E-state index contributed by atoms with van der Waals surface area (Å²) in [6.07, 6.45) is 3.90. The molecule has 8 heteroatoms. The number of benzene rings is 1. The smallest absolute Gasteiger partial charge is 0.231 e. The number of rotatable bonds is 4. The summed E-state index contributed by atoms with van der Waals surface area (Å²) in [6, 6.07) is 4.56. The molecule has 0 bridgehead atoms. The van der Waals surface area contributed by atoms with Gasteiger partial charge in [0, 0.05) is 31.7 Å². The Balaban J connectivity index is 1.46. The van der Waals surface area contributed by atoms with Gasteiger partial charge in [-0.15, -0.1) is 0 Å². The molecule has 2 saturated heterocycles. The Labute approximate surface area is 179 Å². The quantitative estimate of drug-likeness (QED) is 0.780. The molecule has 0 radical (unpaired) electrons. The number of piperidine rings is 2. The summed E-state index contributed by atoms with van der Waals surface area (Å²) in [7, 11) is -3.38. The van der Waals surface area contributed by atoms with Crippen LogP contribution < -0.4 is 15.2 Å². The van der Waals surface area contributed by atoms with E-state index in [0.717, 1.165) is 50.3 Å². The predicted octanol–water partition coefficient (Wildman–Crippen LogP) is 2.11. The van der Waals surface area contributed by atoms with E-state index in [9.17, 15) is 8.42 Å². The minimum absolute atomic E-state index is 0.0504. The summed E-state index contributed by atoms with van der Waals surface area (Å²) in [5.74, 6) is 2.00. The van der Waals surface area contributed by atoms with Crippen LogP contribution in [0.25, 0.3) is 0 Å². The van der Waals surface area contributed by atoms with Gasteiger partial charge in [0.25, 0.3) is 0 Å². The molecule has 5 atom stereocenters. The van der Waals surface area contributed by atoms with Crippen LogP contribution in [0.2, 0.25) is 0 Å². The molecule has 0 spiro atoms. The van der Waals surface area contributed by atoms with Crippen LogP contribution in [0.15, 0.2) is 12.1 Å². The van der Waals surface area contributed by atoms with Gasteiger partial charge in [0.1, 0.15) is 0 Å². The van der Waals surface area contributed by atoms with Gasteiger partial charge in [0.15, 0.2) is 11.5 Å². The number of hydrogen-bond donors (Lipinski definition) is 1. The van der Waals surface area contributed by atoms with Crippen molar-refractivity contribution in [1.82, 2.24) is 9.21 Å². The van der Waals surface area contributed by atoms with E-state index >= 15 is 0 Å². The van der Waals surface area contributed by atoms with E-state index < -0.39 is 15.3 Å². The van der Waals surface area contributed by atoms with E-state index in [-0.39, 0.29) is 24.8 Å². The summed E-state index contributed by atoms with van der Waals surface area (Å²) >= 11 is 0. The van der Waals surface area contributed by atoms with Gasteiger partial charge in [-0.2, -0.15) is 4.31 Å². The van der Waals surface area contributed by atoms with Crippen LogP contribution in [-0.2, 0) is 16.4 Å². The lowest BCUT2D eigenvalue weighted by molar-refractivity contribution is 0.0214. The van der Waals surface area contributed by atoms with Crippen molar-refractivity contribution in [2.45, 2.75) is 56.9 Å². The molecule has 7 nitrogen and oxygen atoms in total. The molecule has 4 aliphatic heterocycles. The van der Waals surface area contributed by atoms with Crippen molar-refractivity contribution in [2.75, 3.05) is 33.0 Å². The fraction of sp³-hybridized carbons (Fsp3) is 0.727. The van der Waals surface area contributed by atoms with Crippen LogP contribution in [0.5, 0.6) is 11.5 Å². The summed E-state index contributed by atoms with van der Waals surface area (Å²) in [5, 5.41) is -0.452. The first-order chi connectivity index (χ1) is 14.4. The van der Waals surface area contributed by atoms with Crippen LogP contribution in [0.3, 0.4) is 0 Å². The molecule has 4 aliphatic rings. The van der Waals surface area contributed by atoms with Crippen molar-refractivity contribution >= 4 is 10.0 Å². The molecule has 5 rings (SSSR count). The summed E-state index contributed by atoms with van der Waals surface area (Å²) in [5.41, 5.74) is 8.41. The van der Waals surface area contributed by atoms with Crippen molar-refractivity contribution in [3.63, 3.8) is 0 Å². The maximum atomic E-state index is 13.5. The van der Waals surface area contributed by atoms with Gasteiger partial charge in [-0.3, -0.25) is 4.90 Å². The van der Waals surface area contributed by atoms with Crippen molar-refractivity contribution in [3.05, 3.63) is 23.3 Å². The molecule has 4 heterocycles. The van der Waals surface area contributed by atoms with E-state index in [1.807, 2.05) is 18.2 Å². The van der Waals surface area contributed by atoms with Crippen LogP contribution in [0.4, 0.5) is 0 Å². The first kappa shape index (κ1) is 20.5. The largest absolute Gasteiger partial charge is 0.454 e. The lowest BCUT2D eigenvalue weighted by atomic mass is 9.77. The van der Waals surface area contributed by atoms with Gasteiger partial charge < -0.3 is 15.2 Å². The molecule has 1 aromatic carbocycles. The summed E-state index contributed by atoms with van der Waals surface area (Å²) in [4.78, 5) is 2.56. The monoisotopic (exact) mass is 435 g/mol. The highest BCUT2D eigenvalue weighted by molar-refractivity contribution is 7.89. The topological polar surface area (TPSA) is 85.1 Å². The third-order valence-electron chi connectivity index (χ3n) is 7.87. The normalized spacial score (nSPS) is 30.8. The number of hydrogen-bond acceptors (Lipinski definition) is 6. The standard InChI is InChI=1S/C22H33N3O4S/c1-14(11-23)15(2)30(26,27)25-6-3-4-17-12-24-7-5-16-8-21-22(29-13-28-21)9-18(16)20(24)10-19(17)25/h8-9,14-15,17,19-20H,3-7,10-13,23H2,1-2H3/t14?,15?,17-,19+,20+/m1/s1. The zero-order chi connectivity index (χ0) is 21.0. The van der Waals surface area contributed by atoms with Crippen LogP contribution >= 0.6 is 0 Å². The zero-order valence-corrected chi connectivity index (χ0v) is 18.7. The van der Waals surface area contributed by atoms with E-state index in [4.69, 9.17) is 15.2 Å². The highest BCUT2D eigenvalue weighted by Crippen LogP contribution is 2.47. The lowest BCUT2D eigenvalue weighted by Gasteiger charge is -2.52. The fourth-order valence-corrected chi connectivity index (χ4v) is 7.95. The second-order valence-corrected chi connectivity index (χ2v) is 11.7. The van der Waals surface area contributed by atoms with Gasteiger partial charge in [-0.1, -0.05) is 6.92 Å². The third-order valence-corrected chi connectivity index (χ3v) is 10.4. The maximum absolute atomic E-state index is 13.5. The molecule has 1 aromatic rings. The van der Waals surface area contributed by atoms with E-state index in [2.05, 4.69) is 17.0 Å². The van der Waals surface area contributed by atoms with Crippen molar-refractivity contribution in [2.24, 2.45) is 17.6 Å². The zero-order valence-electron chi connectivity index (χ0n) is 17.9. The van der Waals surface area contributed by atoms with Crippen molar-refractivity contribution in [1.29, 1.82) is 0 Å². The number of nitrogens with two attached hydrogens (primary N) is 1. The van der Waals surface area contributed by atoms with Crippen LogP contribution in [0.1, 0.15) is 50.3 Å². The van der Waals surface area contributed by atoms with Gasteiger partial charge in [0.2, 0.25) is 16.8 Å². The van der Waals surface area contributed by atoms with Crippen LogP contribution in [0, 0.1) is 11.8 Å². The first-order valence-electron chi connectivity index (χ1n) is 11.3. The van der Waals surface area contributed by atoms with Gasteiger partial charge in [0.05, 0.1) is 5.25 Å². The number of ether oxygens (including phenoxy) is 2. The van der Waals surface area contributed by atoms with Gasteiger partial charge in [-0.25, -0.2) is 8.42 Å². The summed E-state index contributed by atoms with van der Waals surface area (Å²) < 4.78 is 40.1. The average Bonchev–Trinajstić information content (AvgIpc) is 3.22. The molecule has 2 fully saturated rings. The number of nitrogens with zero attached hydrogens (tertiary/aromatic N) is 2. The minimum atomic E-state index is -3.38. The average molecular weight is 436 g/mol. The Morgan fingerprint density at radius 1 is 1.20 bits per heavy atom. The highest BCUT2D eigenvalue weighted by Gasteiger charge is 2.47. The van der Waals surface area contributed by atoms with Gasteiger partial charge >= 0.3 is 0 Å². The fourth-order valence-electron chi connectivity index (χ4n) is 5.81. The molecular weight excluding hydrogens is 402 g/mol. The molecule has 30 heavy (non-hydrogen) atoms. The highest BCUT2D eigenvalue weighted by atomic mass is 32.2. The Morgan fingerprint density at radius 2 is 1.97 bits per heavy atom. The number of fused-ring (bicyclic) bond motifs is 5. The molecule has 2 unspecified atom stereocenters. The molecule has 166 valence electrons. The number of sulfonamides is 1. The Hall–Kier alpha value is -1.35. The molecule has 0 saturated carbocycles. The molecule has 0 aliphatic carbocycles. The SMILES string of the molecule is CC(CN)C(C)S(=O)(=O)N1CCC[C@@H]2CN3CCc4cc5c(cc4[C@@H]3C[C@@H]21)OCO5. The Morgan fingerprint density at radius 3 is 2.73 bits per heavy atom. The lowest BCUT2D eigenvalue weighted by Crippen LogP contribution is -2.59. The Kier molecular flexibility index (Phi) is 5.24. The first-order valence-corrected chi connectivity index (χ1v) is 12.8. The molecular formula is C22H33N3O4S. The minimum Gasteiger partial charge on any atom is -0.454 e. The van der Waals surface area contributed by atoms with E-state index in [0.29, 0.717) is 19.0 Å². The predicted molar refractivity (Wildman–Crippen MR) is 115 cm³/mol. The second kappa shape index (κ2) is 7.65. The van der Waals surface area contributed by atoms with E-state index in [1.165, 1.54) is 11.1 Å². The third kappa shape index (κ3) is 3.23. The maximum Gasteiger partial charge on any atom is 0.231 e. The summed E-state index contributed by atoms with van der Waals surface area (Å²) in [6.45, 7) is 7.05. The second-order valence-electron chi connectivity index (χ2n) is 9.44. The van der Waals surface area contributed by atoms with Crippen molar-refractivity contribution in [3.8, 4) is 11.5 Å². The van der Waals surface area contributed by atoms with Crippen molar-refractivity contribution < 1.29 is 17.9 Å². The van der Waals surface area contributed by atoms with E-state index in [1.54, 1.807) is 0 Å². The molecule has 2 N–H and O–H groups in total. The molecule has 0 amide bonds. The van der Waals surface area contributed by atoms with Gasteiger partial charge in [-0.05, 0) is 74.2 Å². The van der Waals surface area contributed by atoms with Crippen LogP contribution in [-0.4, -0.2) is 61.9 Å².